The molecule has 0 spiro atoms. The van der Waals surface area contributed by atoms with E-state index < -0.39 is 11.9 Å². The number of nitrogens with one attached hydrogen (secondary N) is 1. The molecular formula is C28H21Cl4N5O4. The Morgan fingerprint density at radius 3 is 2.39 bits per heavy atom. The average Bonchev–Trinajstić information content (AvgIpc) is 2.93. The molecule has 0 bridgehead atoms. The number of aliphatic hydroxyl groups is 1. The molecule has 0 saturated heterocycles. The van der Waals surface area contributed by atoms with Gasteiger partial charge in [0.2, 0.25) is 5.69 Å². The van der Waals surface area contributed by atoms with Crippen LogP contribution in [-0.4, -0.2) is 47.5 Å². The second kappa shape index (κ2) is 13.7. The van der Waals surface area contributed by atoms with Gasteiger partial charge in [0.05, 0.1) is 55.8 Å². The van der Waals surface area contributed by atoms with Gasteiger partial charge in [-0.15, -0.1) is 0 Å². The molecule has 1 amide bonds. The Morgan fingerprint density at radius 2 is 1.83 bits per heavy atom. The van der Waals surface area contributed by atoms with E-state index in [0.717, 1.165) is 11.8 Å². The number of nitrogens with zero attached hydrogens (tertiary/aromatic N) is 4. The first kappa shape index (κ1) is 31.7. The summed E-state index contributed by atoms with van der Waals surface area (Å²) in [6, 6.07) is 10.8. The summed E-state index contributed by atoms with van der Waals surface area (Å²) in [7, 11) is 0. The molecule has 3 N–H and O–H groups in total. The van der Waals surface area contributed by atoms with Gasteiger partial charge in [0.25, 0.3) is 5.91 Å². The van der Waals surface area contributed by atoms with Crippen LogP contribution < -0.4 is 10.2 Å². The number of aliphatic hydroxyl groups excluding tert-OH is 1. The van der Waals surface area contributed by atoms with Crippen molar-refractivity contribution in [2.75, 3.05) is 29.9 Å². The lowest BCUT2D eigenvalue weighted by atomic mass is 10.0. The second-order valence-corrected chi connectivity index (χ2v) is 9.99. The summed E-state index contributed by atoms with van der Waals surface area (Å²) in [6.07, 6.45) is 0. The first-order valence-corrected chi connectivity index (χ1v) is 13.4. The Kier molecular flexibility index (Phi) is 10.6. The fourth-order valence-electron chi connectivity index (χ4n) is 3.88. The molecule has 0 aliphatic rings. The number of likely N-dealkylation sites (N-methyl/N-ethyl adjacent to an activating group) is 1. The molecule has 13 heteroatoms. The zero-order valence-corrected chi connectivity index (χ0v) is 24.6. The third-order valence-corrected chi connectivity index (χ3v) is 7.40. The van der Waals surface area contributed by atoms with E-state index in [-0.39, 0.29) is 60.5 Å². The van der Waals surface area contributed by atoms with Crippen LogP contribution in [0, 0.1) is 24.8 Å². The van der Waals surface area contributed by atoms with E-state index in [9.17, 15) is 25.1 Å². The van der Waals surface area contributed by atoms with Crippen molar-refractivity contribution in [2.24, 2.45) is 4.99 Å². The van der Waals surface area contributed by atoms with Crippen LogP contribution in [0.25, 0.3) is 4.85 Å². The number of hydrogen-bond donors (Lipinski definition) is 3. The van der Waals surface area contributed by atoms with Gasteiger partial charge in [-0.2, -0.15) is 5.26 Å². The number of halogens is 4. The van der Waals surface area contributed by atoms with Gasteiger partial charge < -0.3 is 20.4 Å². The molecule has 0 saturated carbocycles. The minimum absolute atomic E-state index is 0.0361. The predicted molar refractivity (Wildman–Crippen MR) is 162 cm³/mol. The summed E-state index contributed by atoms with van der Waals surface area (Å²) in [4.78, 5) is 35.0. The average molecular weight is 633 g/mol. The number of aliphatic imine (C=N–C) groups is 1. The summed E-state index contributed by atoms with van der Waals surface area (Å²) >= 11 is 25.5. The van der Waals surface area contributed by atoms with E-state index in [0.29, 0.717) is 24.3 Å². The Labute approximate surface area is 256 Å². The van der Waals surface area contributed by atoms with Crippen molar-refractivity contribution in [3.05, 3.63) is 90.2 Å². The van der Waals surface area contributed by atoms with E-state index in [2.05, 4.69) is 15.2 Å². The fourth-order valence-corrected chi connectivity index (χ4v) is 5.11. The van der Waals surface area contributed by atoms with Crippen LogP contribution >= 0.6 is 46.4 Å². The largest absolute Gasteiger partial charge is 0.478 e. The molecule has 0 radical (unpaired) electrons. The molecule has 3 rings (SSSR count). The van der Waals surface area contributed by atoms with Crippen LogP contribution in [0.1, 0.15) is 34.0 Å². The number of rotatable bonds is 9. The van der Waals surface area contributed by atoms with Crippen molar-refractivity contribution in [3.8, 4) is 6.07 Å². The van der Waals surface area contributed by atoms with Crippen LogP contribution in [0.3, 0.4) is 0 Å². The zero-order chi connectivity index (χ0) is 30.4. The molecule has 0 unspecified atom stereocenters. The highest BCUT2D eigenvalue weighted by molar-refractivity contribution is 6.57. The van der Waals surface area contributed by atoms with Crippen LogP contribution in [0.5, 0.6) is 0 Å². The lowest BCUT2D eigenvalue weighted by molar-refractivity contribution is -0.110. The third-order valence-electron chi connectivity index (χ3n) is 5.96. The maximum atomic E-state index is 13.8. The van der Waals surface area contributed by atoms with Gasteiger partial charge in [-0.05, 0) is 55.8 Å². The number of carboxylic acids is 1. The smallest absolute Gasteiger partial charge is 0.335 e. The van der Waals surface area contributed by atoms with Crippen molar-refractivity contribution in [1.29, 1.82) is 5.26 Å². The highest BCUT2D eigenvalue weighted by Crippen LogP contribution is 2.44. The van der Waals surface area contributed by atoms with E-state index in [1.807, 2.05) is 24.0 Å². The summed E-state index contributed by atoms with van der Waals surface area (Å²) in [5.41, 5.74) is 0.428. The van der Waals surface area contributed by atoms with Gasteiger partial charge in [0.1, 0.15) is 11.8 Å². The number of amides is 1. The summed E-state index contributed by atoms with van der Waals surface area (Å²) < 4.78 is 0. The summed E-state index contributed by atoms with van der Waals surface area (Å²) in [5.74, 6) is -2.15. The van der Waals surface area contributed by atoms with E-state index >= 15 is 0 Å². The number of hydrogen-bond acceptors (Lipinski definition) is 6. The topological polar surface area (TPSA) is 130 Å². The van der Waals surface area contributed by atoms with Gasteiger partial charge in [-0.1, -0.05) is 46.4 Å². The minimum atomic E-state index is -1.24. The maximum Gasteiger partial charge on any atom is 0.335 e. The molecule has 3 aromatic carbocycles. The molecule has 9 nitrogen and oxygen atoms in total. The Morgan fingerprint density at radius 1 is 1.12 bits per heavy atom. The first-order valence-electron chi connectivity index (χ1n) is 11.9. The number of aromatic carboxylic acids is 1. The van der Waals surface area contributed by atoms with Crippen molar-refractivity contribution in [3.63, 3.8) is 0 Å². The van der Waals surface area contributed by atoms with Gasteiger partial charge in [0.15, 0.2) is 0 Å². The second-order valence-electron chi connectivity index (χ2n) is 8.45. The molecule has 0 aliphatic carbocycles. The number of carboxylic acid groups (broad SMARTS) is 1. The highest BCUT2D eigenvalue weighted by atomic mass is 35.5. The first-order chi connectivity index (χ1) is 19.5. The summed E-state index contributed by atoms with van der Waals surface area (Å²) in [5, 5.41) is 30.1. The molecule has 0 atom stereocenters. The van der Waals surface area contributed by atoms with Crippen LogP contribution in [0.4, 0.5) is 22.7 Å². The number of nitriles is 1. The standard InChI is InChI=1S/C28H21Cl4N5O4/c1-4-37(9-10-38)16-6-8-19(14(2)11-16)35-25(21-22(30)17(13-33)23(31)26(34-3)24(21)32)27(39)36-20-12-15(28(40)41)5-7-18(20)29/h5-8,11-12,38H,4,9-10H2,1-2H3,(H,36,39)(H,40,41). The lowest BCUT2D eigenvalue weighted by Crippen LogP contribution is -2.26. The van der Waals surface area contributed by atoms with E-state index in [1.54, 1.807) is 19.1 Å². The Balaban J connectivity index is 2.29. The Hall–Kier alpha value is -3.83. The van der Waals surface area contributed by atoms with Gasteiger partial charge in [-0.3, -0.25) is 4.79 Å². The van der Waals surface area contributed by atoms with Crippen molar-refractivity contribution < 1.29 is 19.8 Å². The lowest BCUT2D eigenvalue weighted by Gasteiger charge is -2.23. The number of carbonyl (C=O) groups is 2. The molecule has 0 aromatic heterocycles. The van der Waals surface area contributed by atoms with E-state index in [4.69, 9.17) is 53.0 Å². The molecule has 210 valence electrons. The number of benzene rings is 3. The van der Waals surface area contributed by atoms with E-state index in [1.165, 1.54) is 12.1 Å². The Bertz CT molecular complexity index is 1620. The van der Waals surface area contributed by atoms with Gasteiger partial charge in [-0.25, -0.2) is 14.6 Å². The number of aryl methyl sites for hydroxylation is 1. The van der Waals surface area contributed by atoms with Gasteiger partial charge in [0, 0.05) is 24.3 Å². The maximum absolute atomic E-state index is 13.8. The molecule has 0 fully saturated rings. The molecular weight excluding hydrogens is 612 g/mol. The zero-order valence-electron chi connectivity index (χ0n) is 21.6. The number of carbonyl (C=O) groups excluding carboxylic acids is 1. The van der Waals surface area contributed by atoms with Gasteiger partial charge >= 0.3 is 5.97 Å². The molecule has 3 aromatic rings. The highest BCUT2D eigenvalue weighted by Gasteiger charge is 2.29. The van der Waals surface area contributed by atoms with Crippen LogP contribution in [0.2, 0.25) is 20.1 Å². The van der Waals surface area contributed by atoms with Crippen molar-refractivity contribution in [1.82, 2.24) is 0 Å². The fraction of sp³-hybridized carbons (Fsp3) is 0.179. The number of anilines is 2. The minimum Gasteiger partial charge on any atom is -0.478 e. The SMILES string of the molecule is [C-]#[N+]c1c(Cl)c(C#N)c(Cl)c(C(=Nc2ccc(N(CC)CCO)cc2C)C(=O)Nc2cc(C(=O)O)ccc2Cl)c1Cl. The third kappa shape index (κ3) is 6.74. The van der Waals surface area contributed by atoms with Crippen LogP contribution in [-0.2, 0) is 4.79 Å². The van der Waals surface area contributed by atoms with Crippen molar-refractivity contribution >= 4 is 86.7 Å². The van der Waals surface area contributed by atoms with Crippen molar-refractivity contribution in [2.45, 2.75) is 13.8 Å². The quantitative estimate of drug-likeness (QED) is 0.167. The predicted octanol–water partition coefficient (Wildman–Crippen LogP) is 7.31. The molecule has 0 heterocycles. The van der Waals surface area contributed by atoms with Crippen LogP contribution in [0.15, 0.2) is 41.4 Å². The normalized spacial score (nSPS) is 11.0. The monoisotopic (exact) mass is 631 g/mol. The summed E-state index contributed by atoms with van der Waals surface area (Å²) in [6.45, 7) is 12.2. The molecule has 41 heavy (non-hydrogen) atoms. The molecule has 0 aliphatic heterocycles.